The number of nitrogens with zero attached hydrogens (tertiary/aromatic N) is 2. The van der Waals surface area contributed by atoms with Crippen molar-refractivity contribution in [3.05, 3.63) is 11.8 Å². The molecule has 1 aliphatic rings. The molecule has 0 aliphatic carbocycles. The molecule has 118 valence electrons. The van der Waals surface area contributed by atoms with Gasteiger partial charge in [0.2, 0.25) is 11.8 Å². The molecule has 2 atom stereocenters. The van der Waals surface area contributed by atoms with Crippen molar-refractivity contribution in [2.45, 2.75) is 45.6 Å². The first-order valence-corrected chi connectivity index (χ1v) is 7.71. The van der Waals surface area contributed by atoms with Gasteiger partial charge >= 0.3 is 0 Å². The van der Waals surface area contributed by atoms with E-state index in [4.69, 9.17) is 10.3 Å². The molecule has 2 rings (SSSR count). The van der Waals surface area contributed by atoms with Crippen molar-refractivity contribution in [2.75, 3.05) is 25.0 Å². The van der Waals surface area contributed by atoms with E-state index in [-0.39, 0.29) is 17.9 Å². The van der Waals surface area contributed by atoms with E-state index >= 15 is 0 Å². The number of hydrogen-bond donors (Lipinski definition) is 2. The van der Waals surface area contributed by atoms with Crippen molar-refractivity contribution in [1.82, 2.24) is 10.1 Å². The number of nitrogens with two attached hydrogens (primary N) is 1. The van der Waals surface area contributed by atoms with Gasteiger partial charge < -0.3 is 10.3 Å². The van der Waals surface area contributed by atoms with Gasteiger partial charge in [-0.25, -0.2) is 0 Å². The van der Waals surface area contributed by atoms with E-state index < -0.39 is 0 Å². The molecule has 1 aromatic heterocycles. The first kappa shape index (κ1) is 16.0. The average Bonchev–Trinajstić information content (AvgIpc) is 2.87. The molecular weight excluding hydrogens is 268 g/mol. The van der Waals surface area contributed by atoms with E-state index in [1.165, 1.54) is 6.42 Å². The van der Waals surface area contributed by atoms with E-state index in [2.05, 4.69) is 22.3 Å². The Morgan fingerprint density at radius 2 is 2.38 bits per heavy atom. The van der Waals surface area contributed by atoms with Crippen LogP contribution in [0.2, 0.25) is 0 Å². The smallest absolute Gasteiger partial charge is 0.240 e. The van der Waals surface area contributed by atoms with Crippen LogP contribution in [0.15, 0.2) is 10.6 Å². The summed E-state index contributed by atoms with van der Waals surface area (Å²) >= 11 is 0. The number of aromatic nitrogens is 1. The van der Waals surface area contributed by atoms with E-state index in [1.807, 2.05) is 13.8 Å². The van der Waals surface area contributed by atoms with Gasteiger partial charge in [-0.05, 0) is 31.2 Å². The predicted octanol–water partition coefficient (Wildman–Crippen LogP) is 1.80. The van der Waals surface area contributed by atoms with Crippen molar-refractivity contribution in [2.24, 2.45) is 11.7 Å². The van der Waals surface area contributed by atoms with E-state index in [0.717, 1.165) is 18.7 Å². The number of amides is 1. The van der Waals surface area contributed by atoms with Crippen LogP contribution in [0.1, 0.15) is 45.2 Å². The number of hydrogen-bond acceptors (Lipinski definition) is 5. The molecule has 1 saturated heterocycles. The first-order chi connectivity index (χ1) is 10.0. The van der Waals surface area contributed by atoms with Crippen molar-refractivity contribution < 1.29 is 9.32 Å². The normalized spacial score (nSPS) is 23.5. The fourth-order valence-electron chi connectivity index (χ4n) is 2.89. The summed E-state index contributed by atoms with van der Waals surface area (Å²) in [6.45, 7) is 8.13. The summed E-state index contributed by atoms with van der Waals surface area (Å²) in [4.78, 5) is 14.3. The average molecular weight is 294 g/mol. The minimum Gasteiger partial charge on any atom is -0.338 e. The maximum Gasteiger partial charge on any atom is 0.240 e. The third-order valence-electron chi connectivity index (χ3n) is 4.20. The number of carbonyl (C=O) groups excluding carboxylic acids is 1. The molecule has 6 nitrogen and oxygen atoms in total. The van der Waals surface area contributed by atoms with Crippen molar-refractivity contribution in [3.8, 4) is 0 Å². The Morgan fingerprint density at radius 3 is 3.00 bits per heavy atom. The number of rotatable bonds is 5. The molecule has 6 heteroatoms. The molecule has 3 N–H and O–H groups in total. The highest BCUT2D eigenvalue weighted by Gasteiger charge is 2.28. The van der Waals surface area contributed by atoms with Gasteiger partial charge in [0, 0.05) is 18.7 Å². The monoisotopic (exact) mass is 294 g/mol. The van der Waals surface area contributed by atoms with E-state index in [1.54, 1.807) is 6.07 Å². The fraction of sp³-hybridized carbons (Fsp3) is 0.733. The van der Waals surface area contributed by atoms with Gasteiger partial charge in [-0.2, -0.15) is 0 Å². The summed E-state index contributed by atoms with van der Waals surface area (Å²) < 4.78 is 5.13. The lowest BCUT2D eigenvalue weighted by Gasteiger charge is -2.38. The van der Waals surface area contributed by atoms with Crippen LogP contribution in [-0.4, -0.2) is 41.6 Å². The van der Waals surface area contributed by atoms with Crippen LogP contribution in [-0.2, 0) is 4.79 Å². The lowest BCUT2D eigenvalue weighted by Crippen LogP contribution is -2.51. The SMILES string of the molecule is CC(C)c1cc(NC(=O)CN2CCCC(C)C2CN)on1. The van der Waals surface area contributed by atoms with Gasteiger partial charge in [-0.3, -0.25) is 15.0 Å². The second kappa shape index (κ2) is 7.04. The Balaban J connectivity index is 1.91. The van der Waals surface area contributed by atoms with Crippen molar-refractivity contribution in [3.63, 3.8) is 0 Å². The summed E-state index contributed by atoms with van der Waals surface area (Å²) in [6.07, 6.45) is 2.30. The lowest BCUT2D eigenvalue weighted by molar-refractivity contribution is -0.118. The Kier molecular flexibility index (Phi) is 5.36. The van der Waals surface area contributed by atoms with E-state index in [0.29, 0.717) is 24.9 Å². The highest BCUT2D eigenvalue weighted by molar-refractivity contribution is 5.91. The molecule has 21 heavy (non-hydrogen) atoms. The molecular formula is C15H26N4O2. The highest BCUT2D eigenvalue weighted by atomic mass is 16.5. The summed E-state index contributed by atoms with van der Waals surface area (Å²) in [6, 6.07) is 2.06. The molecule has 0 saturated carbocycles. The van der Waals surface area contributed by atoms with Crippen LogP contribution >= 0.6 is 0 Å². The summed E-state index contributed by atoms with van der Waals surface area (Å²) in [7, 11) is 0. The van der Waals surface area contributed by atoms with Gasteiger partial charge in [-0.1, -0.05) is 25.9 Å². The van der Waals surface area contributed by atoms with Gasteiger partial charge in [0.25, 0.3) is 0 Å². The number of likely N-dealkylation sites (tertiary alicyclic amines) is 1. The number of nitrogens with one attached hydrogen (secondary N) is 1. The first-order valence-electron chi connectivity index (χ1n) is 7.71. The Bertz CT molecular complexity index is 472. The Hall–Kier alpha value is -1.40. The molecule has 1 fully saturated rings. The van der Waals surface area contributed by atoms with Gasteiger partial charge in [0.05, 0.1) is 12.2 Å². The quantitative estimate of drug-likeness (QED) is 0.865. The van der Waals surface area contributed by atoms with Gasteiger partial charge in [0.1, 0.15) is 0 Å². The van der Waals surface area contributed by atoms with Crippen LogP contribution in [0.3, 0.4) is 0 Å². The van der Waals surface area contributed by atoms with Crippen LogP contribution < -0.4 is 11.1 Å². The molecule has 2 unspecified atom stereocenters. The molecule has 0 radical (unpaired) electrons. The molecule has 1 aromatic rings. The van der Waals surface area contributed by atoms with Crippen LogP contribution in [0.5, 0.6) is 0 Å². The summed E-state index contributed by atoms with van der Waals surface area (Å²) in [5.41, 5.74) is 6.69. The van der Waals surface area contributed by atoms with Crippen LogP contribution in [0, 0.1) is 5.92 Å². The van der Waals surface area contributed by atoms with Crippen LogP contribution in [0.4, 0.5) is 5.88 Å². The van der Waals surface area contributed by atoms with E-state index in [9.17, 15) is 4.79 Å². The second-order valence-corrected chi connectivity index (χ2v) is 6.21. The topological polar surface area (TPSA) is 84.4 Å². The fourth-order valence-corrected chi connectivity index (χ4v) is 2.89. The molecule has 0 spiro atoms. The summed E-state index contributed by atoms with van der Waals surface area (Å²) in [5.74, 6) is 1.16. The number of anilines is 1. The molecule has 2 heterocycles. The Labute approximate surface area is 126 Å². The summed E-state index contributed by atoms with van der Waals surface area (Å²) in [5, 5.41) is 6.71. The highest BCUT2D eigenvalue weighted by Crippen LogP contribution is 2.22. The molecule has 0 bridgehead atoms. The van der Waals surface area contributed by atoms with Crippen LogP contribution in [0.25, 0.3) is 0 Å². The minimum atomic E-state index is -0.0750. The zero-order valence-electron chi connectivity index (χ0n) is 13.1. The maximum atomic E-state index is 12.1. The van der Waals surface area contributed by atoms with Gasteiger partial charge in [0.15, 0.2) is 0 Å². The molecule has 1 aliphatic heterocycles. The molecule has 0 aromatic carbocycles. The number of carbonyl (C=O) groups is 1. The zero-order valence-corrected chi connectivity index (χ0v) is 13.1. The number of piperidine rings is 1. The zero-order chi connectivity index (χ0) is 15.4. The third kappa shape index (κ3) is 4.04. The molecule has 1 amide bonds. The minimum absolute atomic E-state index is 0.0750. The van der Waals surface area contributed by atoms with Gasteiger partial charge in [-0.15, -0.1) is 0 Å². The maximum absolute atomic E-state index is 12.1. The predicted molar refractivity (Wildman–Crippen MR) is 82.0 cm³/mol. The third-order valence-corrected chi connectivity index (χ3v) is 4.20. The van der Waals surface area contributed by atoms with Crippen molar-refractivity contribution >= 4 is 11.8 Å². The standard InChI is InChI=1S/C15H26N4O2/c1-10(2)12-7-15(21-18-12)17-14(20)9-19-6-4-5-11(3)13(19)8-16/h7,10-11,13H,4-6,8-9,16H2,1-3H3,(H,17,20). The van der Waals surface area contributed by atoms with Crippen molar-refractivity contribution in [1.29, 1.82) is 0 Å². The second-order valence-electron chi connectivity index (χ2n) is 6.21. The Morgan fingerprint density at radius 1 is 1.62 bits per heavy atom. The largest absolute Gasteiger partial charge is 0.338 e. The lowest BCUT2D eigenvalue weighted by atomic mass is 9.91.